The van der Waals surface area contributed by atoms with Gasteiger partial charge in [-0.25, -0.2) is 4.79 Å². The van der Waals surface area contributed by atoms with E-state index in [2.05, 4.69) is 21.2 Å². The molecular formula is C28H34BrN3O6. The molecule has 0 saturated heterocycles. The summed E-state index contributed by atoms with van der Waals surface area (Å²) in [4.78, 5) is 37.1. The highest BCUT2D eigenvalue weighted by atomic mass is 79.9. The maximum atomic E-state index is 12.1. The molecule has 1 saturated carbocycles. The van der Waals surface area contributed by atoms with E-state index in [1.807, 2.05) is 18.2 Å². The Labute approximate surface area is 231 Å². The molecule has 0 atom stereocenters. The number of hydrogen-bond donors (Lipinski definition) is 2. The van der Waals surface area contributed by atoms with Crippen LogP contribution >= 0.6 is 15.9 Å². The van der Waals surface area contributed by atoms with Gasteiger partial charge in [-0.2, -0.15) is 0 Å². The summed E-state index contributed by atoms with van der Waals surface area (Å²) in [6.45, 7) is 5.20. The predicted molar refractivity (Wildman–Crippen MR) is 149 cm³/mol. The highest BCUT2D eigenvalue weighted by molar-refractivity contribution is 9.10. The second-order valence-corrected chi connectivity index (χ2v) is 10.9. The third-order valence-electron chi connectivity index (χ3n) is 6.19. The Morgan fingerprint density at radius 3 is 2.47 bits per heavy atom. The summed E-state index contributed by atoms with van der Waals surface area (Å²) in [7, 11) is 1.30. The largest absolute Gasteiger partial charge is 0.490 e. The Balaban J connectivity index is 1.67. The molecule has 2 amide bonds. The smallest absolute Gasteiger partial charge is 0.412 e. The van der Waals surface area contributed by atoms with Gasteiger partial charge in [-0.3, -0.25) is 14.9 Å². The number of carbonyl (C=O) groups excluding carboxylic acids is 3. The van der Waals surface area contributed by atoms with E-state index < -0.39 is 17.7 Å². The van der Waals surface area contributed by atoms with Crippen molar-refractivity contribution in [1.82, 2.24) is 0 Å². The second kappa shape index (κ2) is 12.9. The lowest BCUT2D eigenvalue weighted by molar-refractivity contribution is -0.139. The number of anilines is 2. The van der Waals surface area contributed by atoms with Gasteiger partial charge in [0.25, 0.3) is 0 Å². The molecule has 0 bridgehead atoms. The molecule has 2 aromatic carbocycles. The van der Waals surface area contributed by atoms with Crippen molar-refractivity contribution < 1.29 is 28.6 Å². The highest BCUT2D eigenvalue weighted by Crippen LogP contribution is 2.42. The van der Waals surface area contributed by atoms with Crippen molar-refractivity contribution in [3.05, 3.63) is 52.0 Å². The molecule has 38 heavy (non-hydrogen) atoms. The minimum Gasteiger partial charge on any atom is -0.490 e. The molecule has 204 valence electrons. The van der Waals surface area contributed by atoms with E-state index in [4.69, 9.17) is 19.6 Å². The molecular weight excluding hydrogens is 554 g/mol. The van der Waals surface area contributed by atoms with Crippen LogP contribution in [0.5, 0.6) is 5.75 Å². The Morgan fingerprint density at radius 1 is 1.16 bits per heavy atom. The molecule has 2 N–H and O–H groups in total. The monoisotopic (exact) mass is 587 g/mol. The van der Waals surface area contributed by atoms with E-state index in [1.54, 1.807) is 39.0 Å². The van der Waals surface area contributed by atoms with Crippen molar-refractivity contribution in [1.29, 1.82) is 5.41 Å². The van der Waals surface area contributed by atoms with Crippen molar-refractivity contribution in [2.75, 3.05) is 23.9 Å². The van der Waals surface area contributed by atoms with Crippen molar-refractivity contribution in [3.8, 4) is 5.75 Å². The molecule has 0 radical (unpaired) electrons. The number of amides is 2. The normalized spacial score (nSPS) is 17.2. The lowest BCUT2D eigenvalue weighted by Crippen LogP contribution is -2.31. The summed E-state index contributed by atoms with van der Waals surface area (Å²) < 4.78 is 17.2. The van der Waals surface area contributed by atoms with Gasteiger partial charge in [-0.15, -0.1) is 0 Å². The van der Waals surface area contributed by atoms with Crippen LogP contribution in [-0.4, -0.2) is 50.0 Å². The van der Waals surface area contributed by atoms with Crippen LogP contribution in [0, 0.1) is 5.41 Å². The third-order valence-corrected chi connectivity index (χ3v) is 6.88. The van der Waals surface area contributed by atoms with Gasteiger partial charge < -0.3 is 24.5 Å². The topological polar surface area (TPSA) is 118 Å². The van der Waals surface area contributed by atoms with E-state index in [1.165, 1.54) is 12.0 Å². The minimum atomic E-state index is -0.625. The van der Waals surface area contributed by atoms with Gasteiger partial charge in [-0.1, -0.05) is 22.0 Å². The zero-order valence-electron chi connectivity index (χ0n) is 22.1. The second-order valence-electron chi connectivity index (χ2n) is 10.1. The van der Waals surface area contributed by atoms with Crippen LogP contribution in [0.1, 0.15) is 63.5 Å². The molecule has 9 nitrogen and oxygen atoms in total. The summed E-state index contributed by atoms with van der Waals surface area (Å²) in [6, 6.07) is 10.8. The SMILES string of the molecule is COC(=O)CN(C=O)c1cccc(Br)c1C1CCC(Oc2ccc(NC(=O)OC(C)(C)C)c(C=N)c2)CC1. The number of ether oxygens (including phenoxy) is 3. The highest BCUT2D eigenvalue weighted by Gasteiger charge is 2.29. The Hall–Kier alpha value is -3.40. The van der Waals surface area contributed by atoms with Crippen molar-refractivity contribution in [2.45, 2.75) is 64.1 Å². The number of halogens is 1. The molecule has 0 unspecified atom stereocenters. The molecule has 10 heteroatoms. The summed E-state index contributed by atoms with van der Waals surface area (Å²) in [5.74, 6) is 0.309. The summed E-state index contributed by atoms with van der Waals surface area (Å²) >= 11 is 3.64. The zero-order chi connectivity index (χ0) is 27.9. The molecule has 3 rings (SSSR count). The van der Waals surface area contributed by atoms with E-state index in [-0.39, 0.29) is 18.6 Å². The maximum Gasteiger partial charge on any atom is 0.412 e. The van der Waals surface area contributed by atoms with Crippen LogP contribution in [0.2, 0.25) is 0 Å². The van der Waals surface area contributed by atoms with E-state index >= 15 is 0 Å². The number of esters is 1. The molecule has 0 heterocycles. The number of carbonyl (C=O) groups is 3. The number of nitrogens with zero attached hydrogens (tertiary/aromatic N) is 1. The fourth-order valence-corrected chi connectivity index (χ4v) is 5.17. The fraction of sp³-hybridized carbons (Fsp3) is 0.429. The van der Waals surface area contributed by atoms with Gasteiger partial charge in [0.2, 0.25) is 6.41 Å². The summed E-state index contributed by atoms with van der Waals surface area (Å²) in [5, 5.41) is 10.4. The lowest BCUT2D eigenvalue weighted by atomic mass is 9.82. The maximum absolute atomic E-state index is 12.1. The van der Waals surface area contributed by atoms with Gasteiger partial charge in [0, 0.05) is 21.9 Å². The summed E-state index contributed by atoms with van der Waals surface area (Å²) in [5.41, 5.74) is 2.04. The Kier molecular flexibility index (Phi) is 9.90. The first-order chi connectivity index (χ1) is 18.0. The number of nitrogens with one attached hydrogen (secondary N) is 2. The molecule has 1 fully saturated rings. The Morgan fingerprint density at radius 2 is 1.87 bits per heavy atom. The van der Waals surface area contributed by atoms with Gasteiger partial charge >= 0.3 is 12.1 Å². The number of hydrogen-bond acceptors (Lipinski definition) is 7. The van der Waals surface area contributed by atoms with Crippen molar-refractivity contribution in [2.24, 2.45) is 0 Å². The Bertz CT molecular complexity index is 1170. The molecule has 2 aromatic rings. The summed E-state index contributed by atoms with van der Waals surface area (Å²) in [6.07, 6.45) is 4.47. The predicted octanol–water partition coefficient (Wildman–Crippen LogP) is 6.03. The number of methoxy groups -OCH3 is 1. The molecule has 0 spiro atoms. The van der Waals surface area contributed by atoms with Gasteiger partial charge in [0.1, 0.15) is 17.9 Å². The number of benzene rings is 2. The van der Waals surface area contributed by atoms with Crippen molar-refractivity contribution >= 4 is 52.0 Å². The van der Waals surface area contributed by atoms with E-state index in [0.717, 1.165) is 41.9 Å². The molecule has 1 aliphatic carbocycles. The first-order valence-electron chi connectivity index (χ1n) is 12.4. The average molecular weight is 588 g/mol. The third kappa shape index (κ3) is 7.80. The van der Waals surface area contributed by atoms with Crippen LogP contribution in [0.3, 0.4) is 0 Å². The average Bonchev–Trinajstić information content (AvgIpc) is 2.87. The van der Waals surface area contributed by atoms with Crippen LogP contribution < -0.4 is 15.0 Å². The standard InChI is InChI=1S/C28H34BrN3O6/c1-28(2,3)38-27(35)31-23-13-12-21(14-19(23)15-30)37-20-10-8-18(9-11-20)26-22(29)6-5-7-24(26)32(17-33)16-25(34)36-4/h5-7,12-15,17-18,20,30H,8-11,16H2,1-4H3,(H,31,35). The molecule has 0 aromatic heterocycles. The van der Waals surface area contributed by atoms with Gasteiger partial charge in [0.05, 0.1) is 18.9 Å². The van der Waals surface area contributed by atoms with Gasteiger partial charge in [0.15, 0.2) is 0 Å². The quantitative estimate of drug-likeness (QED) is 0.210. The first kappa shape index (κ1) is 29.2. The van der Waals surface area contributed by atoms with E-state index in [9.17, 15) is 14.4 Å². The van der Waals surface area contributed by atoms with Crippen LogP contribution in [-0.2, 0) is 19.1 Å². The van der Waals surface area contributed by atoms with Crippen molar-refractivity contribution in [3.63, 3.8) is 0 Å². The lowest BCUT2D eigenvalue weighted by Gasteiger charge is -2.32. The first-order valence-corrected chi connectivity index (χ1v) is 13.2. The van der Waals surface area contributed by atoms with Crippen LogP contribution in [0.4, 0.5) is 16.2 Å². The van der Waals surface area contributed by atoms with E-state index in [0.29, 0.717) is 29.1 Å². The molecule has 0 aliphatic heterocycles. The minimum absolute atomic E-state index is 0.0160. The zero-order valence-corrected chi connectivity index (χ0v) is 23.7. The fourth-order valence-electron chi connectivity index (χ4n) is 4.49. The number of rotatable bonds is 9. The molecule has 1 aliphatic rings. The van der Waals surface area contributed by atoms with Crippen LogP contribution in [0.15, 0.2) is 40.9 Å². The van der Waals surface area contributed by atoms with Crippen LogP contribution in [0.25, 0.3) is 0 Å². The van der Waals surface area contributed by atoms with Gasteiger partial charge in [-0.05, 0) is 88.3 Å².